The van der Waals surface area contributed by atoms with Gasteiger partial charge in [0, 0.05) is 0 Å². The lowest BCUT2D eigenvalue weighted by molar-refractivity contribution is 0.148. The molecule has 0 amide bonds. The van der Waals surface area contributed by atoms with Crippen LogP contribution in [0.1, 0.15) is 12.0 Å². The summed E-state index contributed by atoms with van der Waals surface area (Å²) in [7, 11) is -4.41. The normalized spacial score (nSPS) is 12.1. The predicted molar refractivity (Wildman–Crippen MR) is 44.9 cm³/mol. The first-order valence-electron chi connectivity index (χ1n) is 3.50. The van der Waals surface area contributed by atoms with E-state index >= 15 is 0 Å². The lowest BCUT2D eigenvalue weighted by Crippen LogP contribution is -2.17. The Balaban J connectivity index is 3.62. The SMILES string of the molecule is Nc1c(F)ncc(S(N)(=O)=O)c1C(F)F. The second kappa shape index (κ2) is 3.66. The molecule has 4 N–H and O–H groups in total. The quantitative estimate of drug-likeness (QED) is 0.731. The number of primary sulfonamides is 1. The number of alkyl halides is 2. The van der Waals surface area contributed by atoms with Crippen LogP contribution in [0.15, 0.2) is 11.1 Å². The summed E-state index contributed by atoms with van der Waals surface area (Å²) in [6, 6.07) is 0. The highest BCUT2D eigenvalue weighted by molar-refractivity contribution is 7.89. The van der Waals surface area contributed by atoms with Crippen molar-refractivity contribution in [1.82, 2.24) is 4.98 Å². The van der Waals surface area contributed by atoms with Crippen LogP contribution in [-0.4, -0.2) is 13.4 Å². The Morgan fingerprint density at radius 1 is 1.40 bits per heavy atom. The van der Waals surface area contributed by atoms with E-state index in [0.29, 0.717) is 6.20 Å². The maximum absolute atomic E-state index is 12.7. The molecule has 0 aromatic carbocycles. The van der Waals surface area contributed by atoms with E-state index in [4.69, 9.17) is 5.73 Å². The van der Waals surface area contributed by atoms with Crippen LogP contribution in [0.2, 0.25) is 0 Å². The number of nitrogen functional groups attached to an aromatic ring is 1. The fourth-order valence-electron chi connectivity index (χ4n) is 0.950. The standard InChI is InChI=1S/C6H6F3N3O2S/c7-5(8)3-2(15(11,13)14)1-12-6(9)4(3)10/h1,5H,10H2,(H2,11,13,14). The molecule has 84 valence electrons. The van der Waals surface area contributed by atoms with Gasteiger partial charge in [-0.25, -0.2) is 27.3 Å². The van der Waals surface area contributed by atoms with E-state index in [2.05, 4.69) is 10.1 Å². The summed E-state index contributed by atoms with van der Waals surface area (Å²) >= 11 is 0. The molecular weight excluding hydrogens is 235 g/mol. The second-order valence-corrected chi connectivity index (χ2v) is 4.12. The van der Waals surface area contributed by atoms with Gasteiger partial charge in [0.1, 0.15) is 4.90 Å². The van der Waals surface area contributed by atoms with Crippen LogP contribution in [0, 0.1) is 5.95 Å². The molecule has 0 radical (unpaired) electrons. The van der Waals surface area contributed by atoms with Gasteiger partial charge in [-0.3, -0.25) is 0 Å². The van der Waals surface area contributed by atoms with Gasteiger partial charge in [0.05, 0.1) is 17.4 Å². The van der Waals surface area contributed by atoms with Crippen molar-refractivity contribution in [2.75, 3.05) is 5.73 Å². The first kappa shape index (κ1) is 11.7. The Morgan fingerprint density at radius 2 is 1.93 bits per heavy atom. The zero-order valence-electron chi connectivity index (χ0n) is 7.12. The van der Waals surface area contributed by atoms with Crippen LogP contribution in [0.4, 0.5) is 18.9 Å². The number of halogens is 3. The molecule has 0 saturated carbocycles. The van der Waals surface area contributed by atoms with Gasteiger partial charge in [-0.1, -0.05) is 0 Å². The molecule has 0 aliphatic carbocycles. The maximum atomic E-state index is 12.7. The summed E-state index contributed by atoms with van der Waals surface area (Å²) in [5.41, 5.74) is 2.76. The molecule has 0 spiro atoms. The number of pyridine rings is 1. The lowest BCUT2D eigenvalue weighted by Gasteiger charge is -2.09. The van der Waals surface area contributed by atoms with Crippen molar-refractivity contribution < 1.29 is 21.6 Å². The summed E-state index contributed by atoms with van der Waals surface area (Å²) < 4.78 is 59.2. The minimum Gasteiger partial charge on any atom is -0.395 e. The first-order chi connectivity index (χ1) is 6.75. The topological polar surface area (TPSA) is 99.1 Å². The van der Waals surface area contributed by atoms with E-state index in [-0.39, 0.29) is 0 Å². The Hall–Kier alpha value is -1.35. The molecule has 1 heterocycles. The molecule has 0 bridgehead atoms. The molecule has 0 aliphatic heterocycles. The van der Waals surface area contributed by atoms with Gasteiger partial charge in [-0.2, -0.15) is 4.39 Å². The van der Waals surface area contributed by atoms with Crippen LogP contribution < -0.4 is 10.9 Å². The number of aromatic nitrogens is 1. The number of anilines is 1. The lowest BCUT2D eigenvalue weighted by atomic mass is 10.2. The van der Waals surface area contributed by atoms with Crippen LogP contribution >= 0.6 is 0 Å². The third-order valence-corrected chi connectivity index (χ3v) is 2.54. The van der Waals surface area contributed by atoms with Crippen LogP contribution in [0.25, 0.3) is 0 Å². The Morgan fingerprint density at radius 3 is 2.33 bits per heavy atom. The van der Waals surface area contributed by atoms with E-state index in [0.717, 1.165) is 0 Å². The largest absolute Gasteiger partial charge is 0.395 e. The molecular formula is C6H6F3N3O2S. The second-order valence-electron chi connectivity index (χ2n) is 2.59. The highest BCUT2D eigenvalue weighted by Crippen LogP contribution is 2.31. The molecule has 1 aromatic rings. The van der Waals surface area contributed by atoms with Crippen molar-refractivity contribution in [3.63, 3.8) is 0 Å². The van der Waals surface area contributed by atoms with Crippen molar-refractivity contribution in [3.8, 4) is 0 Å². The highest BCUT2D eigenvalue weighted by atomic mass is 32.2. The molecule has 0 fully saturated rings. The van der Waals surface area contributed by atoms with Gasteiger partial charge >= 0.3 is 0 Å². The summed E-state index contributed by atoms with van der Waals surface area (Å²) in [6.07, 6.45) is -2.85. The first-order valence-corrected chi connectivity index (χ1v) is 5.04. The third kappa shape index (κ3) is 2.18. The van der Waals surface area contributed by atoms with Crippen LogP contribution in [0.3, 0.4) is 0 Å². The molecule has 0 aliphatic rings. The fourth-order valence-corrected chi connectivity index (χ4v) is 1.66. The molecule has 5 nitrogen and oxygen atoms in total. The van der Waals surface area contributed by atoms with Gasteiger partial charge in [0.25, 0.3) is 6.43 Å². The average molecular weight is 241 g/mol. The summed E-state index contributed by atoms with van der Waals surface area (Å²) in [6.45, 7) is 0. The highest BCUT2D eigenvalue weighted by Gasteiger charge is 2.26. The van der Waals surface area contributed by atoms with Gasteiger partial charge < -0.3 is 5.73 Å². The Kier molecular flexibility index (Phi) is 2.86. The minimum absolute atomic E-state index is 0.405. The Labute approximate surface area is 83.0 Å². The maximum Gasteiger partial charge on any atom is 0.267 e. The Bertz CT molecular complexity index is 489. The number of hydrogen-bond donors (Lipinski definition) is 2. The molecule has 9 heteroatoms. The zero-order chi connectivity index (χ0) is 11.8. The predicted octanol–water partition coefficient (Wildman–Crippen LogP) is 0.388. The monoisotopic (exact) mass is 241 g/mol. The van der Waals surface area contributed by atoms with Crippen molar-refractivity contribution in [2.45, 2.75) is 11.3 Å². The van der Waals surface area contributed by atoms with Gasteiger partial charge in [0.2, 0.25) is 16.0 Å². The molecule has 1 rings (SSSR count). The smallest absolute Gasteiger partial charge is 0.267 e. The average Bonchev–Trinajstić information content (AvgIpc) is 2.06. The van der Waals surface area contributed by atoms with Crippen molar-refractivity contribution in [2.24, 2.45) is 5.14 Å². The van der Waals surface area contributed by atoms with Crippen molar-refractivity contribution in [1.29, 1.82) is 0 Å². The van der Waals surface area contributed by atoms with Gasteiger partial charge in [-0.15, -0.1) is 0 Å². The van der Waals surface area contributed by atoms with E-state index in [1.54, 1.807) is 0 Å². The fraction of sp³-hybridized carbons (Fsp3) is 0.167. The van der Waals surface area contributed by atoms with Crippen molar-refractivity contribution >= 4 is 15.7 Å². The van der Waals surface area contributed by atoms with E-state index < -0.39 is 38.5 Å². The molecule has 0 saturated heterocycles. The summed E-state index contributed by atoms with van der Waals surface area (Å²) in [5, 5.41) is 4.64. The summed E-state index contributed by atoms with van der Waals surface area (Å²) in [4.78, 5) is 1.93. The van der Waals surface area contributed by atoms with E-state index in [1.165, 1.54) is 0 Å². The number of nitrogens with zero attached hydrogens (tertiary/aromatic N) is 1. The van der Waals surface area contributed by atoms with Crippen molar-refractivity contribution in [3.05, 3.63) is 17.7 Å². The van der Waals surface area contributed by atoms with Crippen LogP contribution in [-0.2, 0) is 10.0 Å². The number of sulfonamides is 1. The van der Waals surface area contributed by atoms with Crippen LogP contribution in [0.5, 0.6) is 0 Å². The van der Waals surface area contributed by atoms with E-state index in [1.807, 2.05) is 0 Å². The molecule has 0 atom stereocenters. The molecule has 0 unspecified atom stereocenters. The number of rotatable bonds is 2. The third-order valence-electron chi connectivity index (χ3n) is 1.60. The summed E-state index contributed by atoms with van der Waals surface area (Å²) in [5.74, 6) is -1.36. The molecule has 15 heavy (non-hydrogen) atoms. The number of nitrogens with two attached hydrogens (primary N) is 2. The molecule has 1 aromatic heterocycles. The minimum atomic E-state index is -4.41. The van der Waals surface area contributed by atoms with E-state index in [9.17, 15) is 21.6 Å². The zero-order valence-corrected chi connectivity index (χ0v) is 7.93. The van der Waals surface area contributed by atoms with Gasteiger partial charge in [-0.05, 0) is 0 Å². The number of hydrogen-bond acceptors (Lipinski definition) is 4. The van der Waals surface area contributed by atoms with Gasteiger partial charge in [0.15, 0.2) is 0 Å².